The fourth-order valence-electron chi connectivity index (χ4n) is 2.80. The smallest absolute Gasteiger partial charge is 0.0364 e. The van der Waals surface area contributed by atoms with Gasteiger partial charge in [0, 0.05) is 19.3 Å². The van der Waals surface area contributed by atoms with Gasteiger partial charge in [0.2, 0.25) is 0 Å². The van der Waals surface area contributed by atoms with Crippen molar-refractivity contribution in [2.75, 3.05) is 18.5 Å². The van der Waals surface area contributed by atoms with Gasteiger partial charge >= 0.3 is 0 Å². The van der Waals surface area contributed by atoms with Crippen LogP contribution in [0.4, 0.5) is 5.69 Å². The standard InChI is InChI=1S/C23H31N/c1-4-20(2)10-9-19-24(3)23-17-15-22(16-18-23)14-8-13-21-11-6-5-7-12-21/h5-8,11-12,14-18,20H,4,9-10,13,19H2,1-3H3/b14-8+. The van der Waals surface area contributed by atoms with Crippen molar-refractivity contribution in [3.63, 3.8) is 0 Å². The summed E-state index contributed by atoms with van der Waals surface area (Å²) in [6.45, 7) is 5.75. The average Bonchev–Trinajstić information content (AvgIpc) is 2.63. The van der Waals surface area contributed by atoms with Crippen molar-refractivity contribution in [2.45, 2.75) is 39.5 Å². The van der Waals surface area contributed by atoms with E-state index >= 15 is 0 Å². The van der Waals surface area contributed by atoms with Gasteiger partial charge in [0.15, 0.2) is 0 Å². The Bertz CT molecular complexity index is 598. The van der Waals surface area contributed by atoms with E-state index in [1.807, 2.05) is 0 Å². The lowest BCUT2D eigenvalue weighted by Gasteiger charge is -2.20. The first-order valence-electron chi connectivity index (χ1n) is 9.20. The summed E-state index contributed by atoms with van der Waals surface area (Å²) in [5.74, 6) is 0.843. The molecular formula is C23H31N. The maximum atomic E-state index is 2.36. The summed E-state index contributed by atoms with van der Waals surface area (Å²) < 4.78 is 0. The molecule has 2 aromatic rings. The molecule has 1 unspecified atom stereocenters. The zero-order chi connectivity index (χ0) is 17.2. The third-order valence-electron chi connectivity index (χ3n) is 4.73. The minimum atomic E-state index is 0.843. The van der Waals surface area contributed by atoms with Crippen molar-refractivity contribution in [1.29, 1.82) is 0 Å². The van der Waals surface area contributed by atoms with Crippen LogP contribution >= 0.6 is 0 Å². The Labute approximate surface area is 148 Å². The quantitative estimate of drug-likeness (QED) is 0.531. The molecular weight excluding hydrogens is 290 g/mol. The van der Waals surface area contributed by atoms with Crippen LogP contribution in [-0.2, 0) is 6.42 Å². The van der Waals surface area contributed by atoms with E-state index in [0.717, 1.165) is 18.9 Å². The van der Waals surface area contributed by atoms with Crippen molar-refractivity contribution in [1.82, 2.24) is 0 Å². The number of anilines is 1. The van der Waals surface area contributed by atoms with Gasteiger partial charge in [-0.1, -0.05) is 74.9 Å². The van der Waals surface area contributed by atoms with E-state index in [9.17, 15) is 0 Å². The molecule has 0 aliphatic carbocycles. The zero-order valence-electron chi connectivity index (χ0n) is 15.4. The molecule has 0 aliphatic heterocycles. The SMILES string of the molecule is CCC(C)CCCN(C)c1ccc(/C=C/Cc2ccccc2)cc1. The van der Waals surface area contributed by atoms with Gasteiger partial charge in [0.1, 0.15) is 0 Å². The summed E-state index contributed by atoms with van der Waals surface area (Å²) in [4.78, 5) is 2.36. The van der Waals surface area contributed by atoms with Crippen LogP contribution < -0.4 is 4.90 Å². The first-order chi connectivity index (χ1) is 11.7. The molecule has 1 heteroatoms. The van der Waals surface area contributed by atoms with E-state index in [1.165, 1.54) is 36.1 Å². The number of allylic oxidation sites excluding steroid dienone is 1. The third kappa shape index (κ3) is 6.23. The van der Waals surface area contributed by atoms with Crippen molar-refractivity contribution >= 4 is 11.8 Å². The zero-order valence-corrected chi connectivity index (χ0v) is 15.4. The second-order valence-corrected chi connectivity index (χ2v) is 6.76. The number of benzene rings is 2. The van der Waals surface area contributed by atoms with Crippen LogP contribution in [0.25, 0.3) is 6.08 Å². The van der Waals surface area contributed by atoms with Gasteiger partial charge in [0.05, 0.1) is 0 Å². The van der Waals surface area contributed by atoms with Gasteiger partial charge in [-0.25, -0.2) is 0 Å². The second kappa shape index (κ2) is 9.97. The fourth-order valence-corrected chi connectivity index (χ4v) is 2.80. The number of hydrogen-bond donors (Lipinski definition) is 0. The highest BCUT2D eigenvalue weighted by Gasteiger charge is 2.03. The van der Waals surface area contributed by atoms with Crippen molar-refractivity contribution < 1.29 is 0 Å². The minimum Gasteiger partial charge on any atom is -0.375 e. The Hall–Kier alpha value is -2.02. The summed E-state index contributed by atoms with van der Waals surface area (Å²) in [5.41, 5.74) is 3.92. The Morgan fingerprint density at radius 3 is 2.38 bits per heavy atom. The largest absolute Gasteiger partial charge is 0.375 e. The van der Waals surface area contributed by atoms with Gasteiger partial charge in [-0.3, -0.25) is 0 Å². The summed E-state index contributed by atoms with van der Waals surface area (Å²) in [6.07, 6.45) is 9.30. The molecule has 0 heterocycles. The van der Waals surface area contributed by atoms with Crippen molar-refractivity contribution in [2.24, 2.45) is 5.92 Å². The molecule has 0 saturated heterocycles. The molecule has 0 aromatic heterocycles. The predicted molar refractivity (Wildman–Crippen MR) is 108 cm³/mol. The van der Waals surface area contributed by atoms with Crippen LogP contribution in [0.1, 0.15) is 44.2 Å². The molecule has 0 N–H and O–H groups in total. The van der Waals surface area contributed by atoms with Gasteiger partial charge in [-0.15, -0.1) is 0 Å². The van der Waals surface area contributed by atoms with E-state index < -0.39 is 0 Å². The maximum Gasteiger partial charge on any atom is 0.0364 e. The van der Waals surface area contributed by atoms with Crippen LogP contribution in [0, 0.1) is 5.92 Å². The molecule has 0 aliphatic rings. The lowest BCUT2D eigenvalue weighted by molar-refractivity contribution is 0.496. The van der Waals surface area contributed by atoms with Crippen molar-refractivity contribution in [3.8, 4) is 0 Å². The second-order valence-electron chi connectivity index (χ2n) is 6.76. The van der Waals surface area contributed by atoms with Crippen molar-refractivity contribution in [3.05, 3.63) is 71.8 Å². The highest BCUT2D eigenvalue weighted by atomic mass is 15.1. The number of hydrogen-bond acceptors (Lipinski definition) is 1. The average molecular weight is 322 g/mol. The molecule has 24 heavy (non-hydrogen) atoms. The van der Waals surface area contributed by atoms with Gasteiger partial charge in [-0.05, 0) is 48.4 Å². The monoisotopic (exact) mass is 321 g/mol. The molecule has 2 rings (SSSR count). The van der Waals surface area contributed by atoms with Crippen LogP contribution in [0.15, 0.2) is 60.7 Å². The minimum absolute atomic E-state index is 0.843. The molecule has 0 radical (unpaired) electrons. The van der Waals surface area contributed by atoms with Gasteiger partial charge in [-0.2, -0.15) is 0 Å². The Morgan fingerprint density at radius 1 is 1.00 bits per heavy atom. The number of nitrogens with zero attached hydrogens (tertiary/aromatic N) is 1. The van der Waals surface area contributed by atoms with E-state index in [4.69, 9.17) is 0 Å². The van der Waals surface area contributed by atoms with Gasteiger partial charge in [0.25, 0.3) is 0 Å². The highest BCUT2D eigenvalue weighted by Crippen LogP contribution is 2.17. The predicted octanol–water partition coefficient (Wildman–Crippen LogP) is 6.21. The normalized spacial score (nSPS) is 12.5. The van der Waals surface area contributed by atoms with Crippen LogP contribution in [0.5, 0.6) is 0 Å². The molecule has 0 bridgehead atoms. The first-order valence-corrected chi connectivity index (χ1v) is 9.20. The summed E-state index contributed by atoms with van der Waals surface area (Å²) >= 11 is 0. The summed E-state index contributed by atoms with van der Waals surface area (Å²) in [6, 6.07) is 19.5. The van der Waals surface area contributed by atoms with E-state index in [2.05, 4.69) is 92.5 Å². The van der Waals surface area contributed by atoms with E-state index in [-0.39, 0.29) is 0 Å². The third-order valence-corrected chi connectivity index (χ3v) is 4.73. The Balaban J connectivity index is 1.81. The summed E-state index contributed by atoms with van der Waals surface area (Å²) in [5, 5.41) is 0. The van der Waals surface area contributed by atoms with Crippen LogP contribution in [0.2, 0.25) is 0 Å². The molecule has 0 fully saturated rings. The maximum absolute atomic E-state index is 2.36. The summed E-state index contributed by atoms with van der Waals surface area (Å²) in [7, 11) is 2.19. The van der Waals surface area contributed by atoms with E-state index in [0.29, 0.717) is 0 Å². The molecule has 2 aromatic carbocycles. The fraction of sp³-hybridized carbons (Fsp3) is 0.391. The molecule has 128 valence electrons. The van der Waals surface area contributed by atoms with Gasteiger partial charge < -0.3 is 4.90 Å². The lowest BCUT2D eigenvalue weighted by Crippen LogP contribution is -2.18. The topological polar surface area (TPSA) is 3.24 Å². The first kappa shape index (κ1) is 18.3. The Kier molecular flexibility index (Phi) is 7.61. The van der Waals surface area contributed by atoms with E-state index in [1.54, 1.807) is 0 Å². The highest BCUT2D eigenvalue weighted by molar-refractivity contribution is 5.56. The molecule has 0 saturated carbocycles. The number of rotatable bonds is 9. The van der Waals surface area contributed by atoms with Crippen LogP contribution in [-0.4, -0.2) is 13.6 Å². The lowest BCUT2D eigenvalue weighted by atomic mass is 10.0. The molecule has 0 spiro atoms. The Morgan fingerprint density at radius 2 is 1.71 bits per heavy atom. The molecule has 1 nitrogen and oxygen atoms in total. The van der Waals surface area contributed by atoms with Crippen LogP contribution in [0.3, 0.4) is 0 Å². The molecule has 0 amide bonds. The molecule has 1 atom stereocenters.